The molecule has 11 heteroatoms. The normalized spacial score (nSPS) is 8.75. The second-order valence-corrected chi connectivity index (χ2v) is 6.55. The number of aliphatic hydroxyl groups excluding tert-OH is 3. The van der Waals surface area contributed by atoms with Gasteiger partial charge in [-0.3, -0.25) is 19.2 Å². The average Bonchev–Trinajstić information content (AvgIpc) is 2.65. The van der Waals surface area contributed by atoms with Crippen LogP contribution in [0.15, 0.2) is 0 Å². The zero-order chi connectivity index (χ0) is 26.4. The number of aliphatic hydroxyl groups is 3. The maximum atomic E-state index is 10.2. The molecule has 0 fully saturated rings. The van der Waals surface area contributed by atoms with Gasteiger partial charge in [0, 0.05) is 27.2 Å². The number of hydrogen-bond donors (Lipinski definition) is 7. The van der Waals surface area contributed by atoms with E-state index in [9.17, 15) is 4.79 Å². The largest absolute Gasteiger partial charge is 0.481 e. The Morgan fingerprint density at radius 1 is 0.594 bits per heavy atom. The van der Waals surface area contributed by atoms with Crippen molar-refractivity contribution in [1.29, 1.82) is 0 Å². The molecule has 0 aliphatic carbocycles. The van der Waals surface area contributed by atoms with Crippen LogP contribution < -0.4 is 0 Å². The summed E-state index contributed by atoms with van der Waals surface area (Å²) in [5.41, 5.74) is 0. The van der Waals surface area contributed by atoms with Crippen molar-refractivity contribution in [3.05, 3.63) is 0 Å². The molecule has 32 heavy (non-hydrogen) atoms. The molecule has 0 saturated heterocycles. The van der Waals surface area contributed by atoms with Gasteiger partial charge in [0.05, 0.1) is 13.2 Å². The molecule has 0 saturated carbocycles. The molecule has 0 aliphatic heterocycles. The molecule has 0 heterocycles. The summed E-state index contributed by atoms with van der Waals surface area (Å²) in [7, 11) is 0. The van der Waals surface area contributed by atoms with E-state index < -0.39 is 30.0 Å². The highest BCUT2D eigenvalue weighted by Gasteiger charge is 1.96. The Bertz CT molecular complexity index is 381. The maximum absolute atomic E-state index is 10.2. The van der Waals surface area contributed by atoms with Crippen molar-refractivity contribution in [3.63, 3.8) is 0 Å². The minimum Gasteiger partial charge on any atom is -0.481 e. The number of carbonyl (C=O) groups is 4. The van der Waals surface area contributed by atoms with Gasteiger partial charge < -0.3 is 35.7 Å². The van der Waals surface area contributed by atoms with Gasteiger partial charge in [0.25, 0.3) is 17.9 Å². The van der Waals surface area contributed by atoms with Gasteiger partial charge in [0.2, 0.25) is 0 Å². The van der Waals surface area contributed by atoms with Crippen molar-refractivity contribution in [3.8, 4) is 0 Å². The van der Waals surface area contributed by atoms with Gasteiger partial charge in [0.1, 0.15) is 6.10 Å². The van der Waals surface area contributed by atoms with Gasteiger partial charge in [-0.25, -0.2) is 0 Å². The summed E-state index contributed by atoms with van der Waals surface area (Å²) in [6.07, 6.45) is 10.5. The number of carboxylic acids is 4. The lowest BCUT2D eigenvalue weighted by molar-refractivity contribution is -0.137. The summed E-state index contributed by atoms with van der Waals surface area (Å²) in [4.78, 5) is 37.2. The fourth-order valence-corrected chi connectivity index (χ4v) is 1.64. The summed E-state index contributed by atoms with van der Waals surface area (Å²) in [6.45, 7) is 4.75. The van der Waals surface area contributed by atoms with Gasteiger partial charge in [-0.2, -0.15) is 0 Å². The monoisotopic (exact) mass is 472 g/mol. The van der Waals surface area contributed by atoms with Crippen molar-refractivity contribution < 1.29 is 54.9 Å². The molecule has 0 bridgehead atoms. The number of carboxylic acid groups (broad SMARTS) is 4. The van der Waals surface area contributed by atoms with E-state index in [1.54, 1.807) is 0 Å². The quantitative estimate of drug-likeness (QED) is 0.205. The van der Waals surface area contributed by atoms with E-state index in [4.69, 9.17) is 50.1 Å². The molecule has 0 aromatic heterocycles. The van der Waals surface area contributed by atoms with E-state index in [2.05, 4.69) is 6.92 Å². The summed E-state index contributed by atoms with van der Waals surface area (Å²) >= 11 is 0. The lowest BCUT2D eigenvalue weighted by Gasteiger charge is -2.00. The molecule has 0 radical (unpaired) electrons. The highest BCUT2D eigenvalue weighted by atomic mass is 16.4. The molecule has 0 unspecified atom stereocenters. The fraction of sp³-hybridized carbons (Fsp3) is 0.810. The third kappa shape index (κ3) is 122. The first-order chi connectivity index (χ1) is 14.8. The standard InChI is InChI=1S/C12H24O2.C3H8O3.3C2H4O2/c1-2-3-4-5-6-7-8-9-10-11-12(13)14;4-1-3(6)2-5;3*1-2(3)4/h2-11H2,1H3,(H,13,14);3-6H,1-2H2;3*1H3,(H,3,4). The first kappa shape index (κ1) is 40.2. The molecule has 0 spiro atoms. The Kier molecular flexibility index (Phi) is 45.4. The van der Waals surface area contributed by atoms with Crippen LogP contribution in [0.3, 0.4) is 0 Å². The zero-order valence-corrected chi connectivity index (χ0v) is 19.8. The SMILES string of the molecule is CC(=O)O.CC(=O)O.CC(=O)O.CCCCCCCCCCCC(=O)O.OCC(O)CO. The van der Waals surface area contributed by atoms with E-state index in [1.165, 1.54) is 44.9 Å². The lowest BCUT2D eigenvalue weighted by Crippen LogP contribution is -2.15. The molecule has 0 aromatic carbocycles. The highest BCUT2D eigenvalue weighted by Crippen LogP contribution is 2.10. The molecular weight excluding hydrogens is 428 g/mol. The van der Waals surface area contributed by atoms with Gasteiger partial charge in [0.15, 0.2) is 0 Å². The van der Waals surface area contributed by atoms with Crippen LogP contribution in [-0.4, -0.2) is 78.9 Å². The van der Waals surface area contributed by atoms with Crippen LogP contribution >= 0.6 is 0 Å². The zero-order valence-electron chi connectivity index (χ0n) is 19.8. The molecule has 0 amide bonds. The van der Waals surface area contributed by atoms with E-state index in [0.717, 1.165) is 33.6 Å². The van der Waals surface area contributed by atoms with Crippen LogP contribution in [0.2, 0.25) is 0 Å². The fourth-order valence-electron chi connectivity index (χ4n) is 1.64. The Morgan fingerprint density at radius 2 is 0.844 bits per heavy atom. The summed E-state index contributed by atoms with van der Waals surface area (Å²) in [5.74, 6) is -3.16. The molecule has 7 N–H and O–H groups in total. The molecule has 11 nitrogen and oxygen atoms in total. The molecule has 0 rings (SSSR count). The maximum Gasteiger partial charge on any atom is 0.303 e. The minimum atomic E-state index is -0.954. The van der Waals surface area contributed by atoms with Crippen molar-refractivity contribution in [2.45, 2.75) is 98.0 Å². The Hall–Kier alpha value is -2.24. The van der Waals surface area contributed by atoms with Crippen molar-refractivity contribution in [1.82, 2.24) is 0 Å². The Labute approximate surface area is 190 Å². The van der Waals surface area contributed by atoms with Gasteiger partial charge in [-0.05, 0) is 6.42 Å². The first-order valence-electron chi connectivity index (χ1n) is 10.5. The van der Waals surface area contributed by atoms with E-state index in [0.29, 0.717) is 6.42 Å². The third-order valence-corrected chi connectivity index (χ3v) is 2.92. The molecule has 0 atom stereocenters. The number of rotatable bonds is 12. The lowest BCUT2D eigenvalue weighted by atomic mass is 10.1. The van der Waals surface area contributed by atoms with E-state index in [1.807, 2.05) is 0 Å². The smallest absolute Gasteiger partial charge is 0.303 e. The van der Waals surface area contributed by atoms with Crippen molar-refractivity contribution >= 4 is 23.9 Å². The Balaban J connectivity index is -0.000000111. The van der Waals surface area contributed by atoms with Crippen LogP contribution in [0.4, 0.5) is 0 Å². The van der Waals surface area contributed by atoms with Crippen LogP contribution in [0.25, 0.3) is 0 Å². The average molecular weight is 473 g/mol. The Morgan fingerprint density at radius 3 is 1.03 bits per heavy atom. The number of hydrogen-bond acceptors (Lipinski definition) is 7. The number of aliphatic carboxylic acids is 4. The van der Waals surface area contributed by atoms with Crippen LogP contribution in [0, 0.1) is 0 Å². The predicted octanol–water partition coefficient (Wildman–Crippen LogP) is 2.60. The van der Waals surface area contributed by atoms with Crippen LogP contribution in [0.5, 0.6) is 0 Å². The molecule has 0 aromatic rings. The summed E-state index contributed by atoms with van der Waals surface area (Å²) in [5, 5.41) is 54.7. The predicted molar refractivity (Wildman–Crippen MR) is 120 cm³/mol. The van der Waals surface area contributed by atoms with E-state index in [-0.39, 0.29) is 13.2 Å². The van der Waals surface area contributed by atoms with Gasteiger partial charge >= 0.3 is 5.97 Å². The molecular formula is C21H44O11. The van der Waals surface area contributed by atoms with E-state index >= 15 is 0 Å². The second kappa shape index (κ2) is 36.2. The van der Waals surface area contributed by atoms with Crippen molar-refractivity contribution in [2.24, 2.45) is 0 Å². The third-order valence-electron chi connectivity index (χ3n) is 2.92. The summed E-state index contributed by atoms with van der Waals surface area (Å²) < 4.78 is 0. The first-order valence-corrected chi connectivity index (χ1v) is 10.5. The second-order valence-electron chi connectivity index (χ2n) is 6.55. The molecule has 0 aliphatic rings. The number of unbranched alkanes of at least 4 members (excludes halogenated alkanes) is 8. The summed E-state index contributed by atoms with van der Waals surface area (Å²) in [6, 6.07) is 0. The van der Waals surface area contributed by atoms with Gasteiger partial charge in [-0.1, -0.05) is 58.3 Å². The van der Waals surface area contributed by atoms with Crippen LogP contribution in [-0.2, 0) is 19.2 Å². The highest BCUT2D eigenvalue weighted by molar-refractivity contribution is 5.66. The van der Waals surface area contributed by atoms with Crippen molar-refractivity contribution in [2.75, 3.05) is 13.2 Å². The van der Waals surface area contributed by atoms with Gasteiger partial charge in [-0.15, -0.1) is 0 Å². The molecule has 194 valence electrons. The topological polar surface area (TPSA) is 210 Å². The van der Waals surface area contributed by atoms with Crippen LogP contribution in [0.1, 0.15) is 91.9 Å². The minimum absolute atomic E-state index is 0.343.